The highest BCUT2D eigenvalue weighted by Crippen LogP contribution is 2.29. The first-order chi connectivity index (χ1) is 8.13. The van der Waals surface area contributed by atoms with Crippen LogP contribution in [-0.4, -0.2) is 7.05 Å². The van der Waals surface area contributed by atoms with E-state index >= 15 is 0 Å². The number of hydrogen-bond donors (Lipinski definition) is 1. The highest BCUT2D eigenvalue weighted by Gasteiger charge is 2.20. The topological polar surface area (TPSA) is 38.3 Å². The molecule has 0 saturated heterocycles. The van der Waals surface area contributed by atoms with Gasteiger partial charge in [-0.15, -0.1) is 0 Å². The molecule has 0 radical (unpaired) electrons. The molecular formula is C14H19NO2. The third-order valence-corrected chi connectivity index (χ3v) is 3.33. The van der Waals surface area contributed by atoms with Crippen LogP contribution in [0.25, 0.3) is 0 Å². The van der Waals surface area contributed by atoms with Gasteiger partial charge in [-0.1, -0.05) is 0 Å². The highest BCUT2D eigenvalue weighted by atomic mass is 16.3. The summed E-state index contributed by atoms with van der Waals surface area (Å²) in [6, 6.07) is 2.27. The fourth-order valence-corrected chi connectivity index (χ4v) is 2.31. The van der Waals surface area contributed by atoms with Crippen LogP contribution >= 0.6 is 0 Å². The van der Waals surface area contributed by atoms with Crippen molar-refractivity contribution in [2.24, 2.45) is 0 Å². The minimum atomic E-state index is 0.269. The first-order valence-corrected chi connectivity index (χ1v) is 5.88. The summed E-state index contributed by atoms with van der Waals surface area (Å²) >= 11 is 0. The molecule has 1 unspecified atom stereocenters. The lowest BCUT2D eigenvalue weighted by Crippen LogP contribution is -2.19. The normalized spacial score (nSPS) is 12.9. The van der Waals surface area contributed by atoms with Crippen molar-refractivity contribution < 1.29 is 8.83 Å². The molecule has 0 saturated carbocycles. The van der Waals surface area contributed by atoms with E-state index in [1.807, 2.05) is 27.0 Å². The first kappa shape index (κ1) is 12.0. The maximum atomic E-state index is 5.68. The van der Waals surface area contributed by atoms with Crippen LogP contribution in [-0.2, 0) is 6.42 Å². The van der Waals surface area contributed by atoms with E-state index < -0.39 is 0 Å². The number of hydrogen-bond acceptors (Lipinski definition) is 3. The Balaban J connectivity index is 2.29. The lowest BCUT2D eigenvalue weighted by molar-refractivity contribution is 0.489. The fraction of sp³-hybridized carbons (Fsp3) is 0.429. The van der Waals surface area contributed by atoms with Crippen molar-refractivity contribution in [2.45, 2.75) is 33.2 Å². The van der Waals surface area contributed by atoms with Crippen LogP contribution in [0.1, 0.15) is 34.3 Å². The van der Waals surface area contributed by atoms with Gasteiger partial charge in [-0.3, -0.25) is 0 Å². The zero-order valence-corrected chi connectivity index (χ0v) is 10.8. The summed E-state index contributed by atoms with van der Waals surface area (Å²) in [5.74, 6) is 2.01. The van der Waals surface area contributed by atoms with Gasteiger partial charge >= 0.3 is 0 Å². The second-order valence-corrected chi connectivity index (χ2v) is 4.43. The Bertz CT molecular complexity index is 483. The van der Waals surface area contributed by atoms with Gasteiger partial charge in [-0.05, 0) is 51.4 Å². The summed E-state index contributed by atoms with van der Waals surface area (Å²) < 4.78 is 10.8. The Morgan fingerprint density at radius 1 is 1.24 bits per heavy atom. The average molecular weight is 233 g/mol. The third-order valence-electron chi connectivity index (χ3n) is 3.33. The Morgan fingerprint density at radius 2 is 2.00 bits per heavy atom. The second kappa shape index (κ2) is 4.80. The zero-order chi connectivity index (χ0) is 12.4. The fourth-order valence-electron chi connectivity index (χ4n) is 2.31. The standard InChI is InChI=1S/C14H19NO2/c1-9-10(2)17-11(3)14(9)13(15-4)7-12-5-6-16-8-12/h5-6,8,13,15H,7H2,1-4H3. The van der Waals surface area contributed by atoms with Crippen LogP contribution in [0.3, 0.4) is 0 Å². The minimum Gasteiger partial charge on any atom is -0.472 e. The molecule has 0 amide bonds. The minimum absolute atomic E-state index is 0.269. The van der Waals surface area contributed by atoms with E-state index in [1.165, 1.54) is 16.7 Å². The number of furan rings is 2. The van der Waals surface area contributed by atoms with Crippen LogP contribution < -0.4 is 5.32 Å². The second-order valence-electron chi connectivity index (χ2n) is 4.43. The van der Waals surface area contributed by atoms with Crippen molar-refractivity contribution in [1.29, 1.82) is 0 Å². The predicted molar refractivity (Wildman–Crippen MR) is 67.1 cm³/mol. The maximum Gasteiger partial charge on any atom is 0.106 e. The first-order valence-electron chi connectivity index (χ1n) is 5.88. The van der Waals surface area contributed by atoms with Gasteiger partial charge in [0.2, 0.25) is 0 Å². The molecule has 0 fully saturated rings. The van der Waals surface area contributed by atoms with Crippen molar-refractivity contribution in [2.75, 3.05) is 7.05 Å². The summed E-state index contributed by atoms with van der Waals surface area (Å²) in [6.07, 6.45) is 4.41. The molecule has 0 aliphatic heterocycles. The van der Waals surface area contributed by atoms with Gasteiger partial charge in [0.1, 0.15) is 11.5 Å². The Kier molecular flexibility index (Phi) is 3.38. The molecule has 0 spiro atoms. The molecule has 2 aromatic rings. The molecule has 0 aromatic carbocycles. The molecule has 2 aromatic heterocycles. The summed E-state index contributed by atoms with van der Waals surface area (Å²) in [6.45, 7) is 6.15. The van der Waals surface area contributed by atoms with E-state index in [2.05, 4.69) is 12.2 Å². The molecule has 3 heteroatoms. The molecule has 0 aliphatic rings. The molecular weight excluding hydrogens is 214 g/mol. The SMILES string of the molecule is CNC(Cc1ccoc1)c1c(C)oc(C)c1C. The van der Waals surface area contributed by atoms with Crippen LogP contribution in [0.15, 0.2) is 27.4 Å². The molecule has 92 valence electrons. The van der Waals surface area contributed by atoms with E-state index in [-0.39, 0.29) is 6.04 Å². The van der Waals surface area contributed by atoms with Gasteiger partial charge in [0.25, 0.3) is 0 Å². The molecule has 17 heavy (non-hydrogen) atoms. The van der Waals surface area contributed by atoms with Gasteiger partial charge in [0, 0.05) is 11.6 Å². The summed E-state index contributed by atoms with van der Waals surface area (Å²) in [4.78, 5) is 0. The lowest BCUT2D eigenvalue weighted by Gasteiger charge is -2.16. The lowest BCUT2D eigenvalue weighted by atomic mass is 9.97. The van der Waals surface area contributed by atoms with Gasteiger partial charge in [0.05, 0.1) is 12.5 Å². The van der Waals surface area contributed by atoms with E-state index in [9.17, 15) is 0 Å². The van der Waals surface area contributed by atoms with Crippen LogP contribution in [0.5, 0.6) is 0 Å². The van der Waals surface area contributed by atoms with Gasteiger partial charge in [-0.25, -0.2) is 0 Å². The van der Waals surface area contributed by atoms with Crippen LogP contribution in [0, 0.1) is 20.8 Å². The van der Waals surface area contributed by atoms with E-state index in [0.29, 0.717) is 0 Å². The van der Waals surface area contributed by atoms with Crippen LogP contribution in [0.2, 0.25) is 0 Å². The van der Waals surface area contributed by atoms with Gasteiger partial charge in [0.15, 0.2) is 0 Å². The van der Waals surface area contributed by atoms with E-state index in [0.717, 1.165) is 17.9 Å². The molecule has 2 rings (SSSR count). The number of nitrogens with one attached hydrogen (secondary N) is 1. The van der Waals surface area contributed by atoms with E-state index in [4.69, 9.17) is 8.83 Å². The monoisotopic (exact) mass is 233 g/mol. The van der Waals surface area contributed by atoms with Crippen LogP contribution in [0.4, 0.5) is 0 Å². The maximum absolute atomic E-state index is 5.68. The Hall–Kier alpha value is -1.48. The molecule has 1 atom stereocenters. The zero-order valence-electron chi connectivity index (χ0n) is 10.8. The molecule has 1 N–H and O–H groups in total. The average Bonchev–Trinajstić information content (AvgIpc) is 2.87. The number of likely N-dealkylation sites (N-methyl/N-ethyl adjacent to an activating group) is 1. The van der Waals surface area contributed by atoms with Gasteiger partial charge < -0.3 is 14.2 Å². The molecule has 0 bridgehead atoms. The third kappa shape index (κ3) is 2.29. The smallest absolute Gasteiger partial charge is 0.106 e. The summed E-state index contributed by atoms with van der Waals surface area (Å²) in [5, 5.41) is 3.35. The van der Waals surface area contributed by atoms with Crippen molar-refractivity contribution in [3.8, 4) is 0 Å². The number of rotatable bonds is 4. The number of aryl methyl sites for hydroxylation is 2. The van der Waals surface area contributed by atoms with Crippen molar-refractivity contribution >= 4 is 0 Å². The van der Waals surface area contributed by atoms with Crippen molar-refractivity contribution in [3.05, 3.63) is 46.8 Å². The highest BCUT2D eigenvalue weighted by molar-refractivity contribution is 5.35. The van der Waals surface area contributed by atoms with Crippen molar-refractivity contribution in [3.63, 3.8) is 0 Å². The van der Waals surface area contributed by atoms with Crippen molar-refractivity contribution in [1.82, 2.24) is 5.32 Å². The summed E-state index contributed by atoms with van der Waals surface area (Å²) in [5.41, 5.74) is 3.71. The summed E-state index contributed by atoms with van der Waals surface area (Å²) in [7, 11) is 1.98. The molecule has 0 aliphatic carbocycles. The van der Waals surface area contributed by atoms with E-state index in [1.54, 1.807) is 12.5 Å². The van der Waals surface area contributed by atoms with Gasteiger partial charge in [-0.2, -0.15) is 0 Å². The largest absolute Gasteiger partial charge is 0.472 e. The molecule has 3 nitrogen and oxygen atoms in total. The molecule has 2 heterocycles. The predicted octanol–water partition coefficient (Wildman–Crippen LogP) is 3.30. The Labute approximate surface area is 102 Å². The Morgan fingerprint density at radius 3 is 2.47 bits per heavy atom. The quantitative estimate of drug-likeness (QED) is 0.880.